The molecule has 22 heavy (non-hydrogen) atoms. The van der Waals surface area contributed by atoms with E-state index in [1.807, 2.05) is 0 Å². The monoisotopic (exact) mass is 316 g/mol. The molecule has 0 amide bonds. The van der Waals surface area contributed by atoms with Crippen LogP contribution in [-0.2, 0) is 28.4 Å². The van der Waals surface area contributed by atoms with Crippen molar-refractivity contribution in [3.05, 3.63) is 0 Å². The molecule has 2 heterocycles. The van der Waals surface area contributed by atoms with Gasteiger partial charge in [0.15, 0.2) is 12.2 Å². The second-order valence-electron chi connectivity index (χ2n) is 5.67. The van der Waals surface area contributed by atoms with Gasteiger partial charge in [-0.15, -0.1) is 0 Å². The first-order chi connectivity index (χ1) is 10.7. The number of rotatable bonds is 6. The van der Waals surface area contributed by atoms with Crippen LogP contribution in [0.3, 0.4) is 0 Å². The maximum Gasteiger partial charge on any atom is 0.508 e. The SMILES string of the molecule is O=C1OCC(COC2CCC(OCC3COC(=O)O3)CC2)O1. The van der Waals surface area contributed by atoms with E-state index in [1.54, 1.807) is 0 Å². The van der Waals surface area contributed by atoms with Gasteiger partial charge in [0.25, 0.3) is 0 Å². The number of ether oxygens (including phenoxy) is 6. The Morgan fingerprint density at radius 2 is 1.18 bits per heavy atom. The van der Waals surface area contributed by atoms with E-state index in [9.17, 15) is 9.59 Å². The molecular weight excluding hydrogens is 296 g/mol. The smallest absolute Gasteiger partial charge is 0.430 e. The molecule has 0 aromatic rings. The lowest BCUT2D eigenvalue weighted by atomic mass is 9.95. The van der Waals surface area contributed by atoms with E-state index in [0.29, 0.717) is 13.2 Å². The van der Waals surface area contributed by atoms with Crippen molar-refractivity contribution >= 4 is 12.3 Å². The zero-order chi connectivity index (χ0) is 15.4. The van der Waals surface area contributed by atoms with E-state index in [2.05, 4.69) is 0 Å². The van der Waals surface area contributed by atoms with E-state index in [-0.39, 0.29) is 37.6 Å². The van der Waals surface area contributed by atoms with E-state index in [4.69, 9.17) is 28.4 Å². The van der Waals surface area contributed by atoms with Gasteiger partial charge < -0.3 is 28.4 Å². The zero-order valence-electron chi connectivity index (χ0n) is 12.2. The summed E-state index contributed by atoms with van der Waals surface area (Å²) in [5.74, 6) is 0. The first kappa shape index (κ1) is 15.4. The molecule has 2 aliphatic heterocycles. The van der Waals surface area contributed by atoms with Crippen molar-refractivity contribution in [1.29, 1.82) is 0 Å². The summed E-state index contributed by atoms with van der Waals surface area (Å²) in [5, 5.41) is 0. The Labute approximate surface area is 127 Å². The molecule has 0 radical (unpaired) electrons. The maximum absolute atomic E-state index is 10.8. The molecule has 0 aromatic heterocycles. The molecule has 8 nitrogen and oxygen atoms in total. The highest BCUT2D eigenvalue weighted by atomic mass is 16.8. The summed E-state index contributed by atoms with van der Waals surface area (Å²) in [4.78, 5) is 21.6. The molecule has 0 aromatic carbocycles. The van der Waals surface area contributed by atoms with Crippen LogP contribution in [0.1, 0.15) is 25.7 Å². The van der Waals surface area contributed by atoms with Crippen LogP contribution >= 0.6 is 0 Å². The topological polar surface area (TPSA) is 89.5 Å². The van der Waals surface area contributed by atoms with Gasteiger partial charge in [0, 0.05) is 0 Å². The fraction of sp³-hybridized carbons (Fsp3) is 0.857. The molecule has 2 unspecified atom stereocenters. The molecule has 1 saturated carbocycles. The summed E-state index contributed by atoms with van der Waals surface area (Å²) >= 11 is 0. The first-order valence-electron chi connectivity index (χ1n) is 7.59. The number of hydrogen-bond donors (Lipinski definition) is 0. The number of carbonyl (C=O) groups excluding carboxylic acids is 2. The van der Waals surface area contributed by atoms with Crippen molar-refractivity contribution in [2.24, 2.45) is 0 Å². The van der Waals surface area contributed by atoms with Crippen molar-refractivity contribution < 1.29 is 38.0 Å². The standard InChI is InChI=1S/C14H20O8/c15-13-19-7-11(21-13)5-17-9-1-2-10(4-3-9)18-6-12-8-20-14(16)22-12/h9-12H,1-8H2. The van der Waals surface area contributed by atoms with Crippen LogP contribution < -0.4 is 0 Å². The lowest BCUT2D eigenvalue weighted by molar-refractivity contribution is -0.0613. The predicted octanol–water partition coefficient (Wildman–Crippen LogP) is 1.40. The molecule has 1 aliphatic carbocycles. The second-order valence-corrected chi connectivity index (χ2v) is 5.67. The van der Waals surface area contributed by atoms with Gasteiger partial charge in [-0.25, -0.2) is 9.59 Å². The molecule has 3 fully saturated rings. The fourth-order valence-corrected chi connectivity index (χ4v) is 2.75. The molecular formula is C14H20O8. The molecule has 3 aliphatic rings. The van der Waals surface area contributed by atoms with Crippen LogP contribution in [0.25, 0.3) is 0 Å². The largest absolute Gasteiger partial charge is 0.508 e. The van der Waals surface area contributed by atoms with E-state index in [0.717, 1.165) is 25.7 Å². The number of carbonyl (C=O) groups is 2. The lowest BCUT2D eigenvalue weighted by Gasteiger charge is -2.29. The number of cyclic esters (lactones) is 4. The average molecular weight is 316 g/mol. The third-order valence-electron chi connectivity index (χ3n) is 3.96. The summed E-state index contributed by atoms with van der Waals surface area (Å²) in [5.41, 5.74) is 0. The quantitative estimate of drug-likeness (QED) is 0.679. The number of hydrogen-bond acceptors (Lipinski definition) is 8. The minimum absolute atomic E-state index is 0.159. The van der Waals surface area contributed by atoms with E-state index < -0.39 is 12.3 Å². The lowest BCUT2D eigenvalue weighted by Crippen LogP contribution is -2.31. The van der Waals surface area contributed by atoms with Crippen LogP contribution in [0.2, 0.25) is 0 Å². The molecule has 124 valence electrons. The van der Waals surface area contributed by atoms with E-state index >= 15 is 0 Å². The van der Waals surface area contributed by atoms with Crippen LogP contribution in [0.15, 0.2) is 0 Å². The van der Waals surface area contributed by atoms with Gasteiger partial charge in [0.1, 0.15) is 13.2 Å². The Bertz CT molecular complexity index is 366. The van der Waals surface area contributed by atoms with Crippen LogP contribution in [-0.4, -0.2) is 63.2 Å². The van der Waals surface area contributed by atoms with Gasteiger partial charge in [-0.1, -0.05) is 0 Å². The normalized spacial score (nSPS) is 34.7. The van der Waals surface area contributed by atoms with Gasteiger partial charge in [-0.05, 0) is 25.7 Å². The van der Waals surface area contributed by atoms with Gasteiger partial charge in [-0.3, -0.25) is 0 Å². The minimum atomic E-state index is -0.623. The second kappa shape index (κ2) is 7.15. The first-order valence-corrected chi connectivity index (χ1v) is 7.59. The van der Waals surface area contributed by atoms with E-state index in [1.165, 1.54) is 0 Å². The summed E-state index contributed by atoms with van der Waals surface area (Å²) in [7, 11) is 0. The summed E-state index contributed by atoms with van der Waals surface area (Å²) in [6, 6.07) is 0. The molecule has 8 heteroatoms. The van der Waals surface area contributed by atoms with Crippen molar-refractivity contribution in [2.45, 2.75) is 50.1 Å². The Kier molecular flexibility index (Phi) is 4.99. The summed E-state index contributed by atoms with van der Waals surface area (Å²) in [6.45, 7) is 1.27. The Balaban J connectivity index is 1.27. The van der Waals surface area contributed by atoms with Gasteiger partial charge in [-0.2, -0.15) is 0 Å². The third-order valence-corrected chi connectivity index (χ3v) is 3.96. The Morgan fingerprint density at radius 3 is 1.50 bits per heavy atom. The molecule has 2 saturated heterocycles. The van der Waals surface area contributed by atoms with Crippen LogP contribution in [0.4, 0.5) is 9.59 Å². The Morgan fingerprint density at radius 1 is 0.773 bits per heavy atom. The van der Waals surface area contributed by atoms with Crippen LogP contribution in [0.5, 0.6) is 0 Å². The van der Waals surface area contributed by atoms with Gasteiger partial charge >= 0.3 is 12.3 Å². The van der Waals surface area contributed by atoms with Crippen molar-refractivity contribution in [1.82, 2.24) is 0 Å². The molecule has 0 bridgehead atoms. The highest BCUT2D eigenvalue weighted by Gasteiger charge is 2.30. The highest BCUT2D eigenvalue weighted by Crippen LogP contribution is 2.24. The van der Waals surface area contributed by atoms with Crippen LogP contribution in [0, 0.1) is 0 Å². The van der Waals surface area contributed by atoms with Crippen molar-refractivity contribution in [3.63, 3.8) is 0 Å². The predicted molar refractivity (Wildman–Crippen MR) is 70.4 cm³/mol. The summed E-state index contributed by atoms with van der Waals surface area (Å²) < 4.78 is 30.7. The molecule has 0 N–H and O–H groups in total. The average Bonchev–Trinajstić information content (AvgIpc) is 3.12. The maximum atomic E-state index is 10.8. The van der Waals surface area contributed by atoms with Gasteiger partial charge in [0.05, 0.1) is 25.4 Å². The molecule has 3 rings (SSSR count). The zero-order valence-corrected chi connectivity index (χ0v) is 12.2. The van der Waals surface area contributed by atoms with Crippen molar-refractivity contribution in [3.8, 4) is 0 Å². The summed E-state index contributed by atoms with van der Waals surface area (Å²) in [6.07, 6.45) is 2.07. The minimum Gasteiger partial charge on any atom is -0.430 e. The molecule has 0 spiro atoms. The van der Waals surface area contributed by atoms with Gasteiger partial charge in [0.2, 0.25) is 0 Å². The fourth-order valence-electron chi connectivity index (χ4n) is 2.75. The molecule has 2 atom stereocenters. The third kappa shape index (κ3) is 4.23. The Hall–Kier alpha value is -1.54. The van der Waals surface area contributed by atoms with Crippen molar-refractivity contribution in [2.75, 3.05) is 26.4 Å². The highest BCUT2D eigenvalue weighted by molar-refractivity contribution is 5.62.